The van der Waals surface area contributed by atoms with Crippen molar-refractivity contribution in [1.82, 2.24) is 14.5 Å². The molecule has 1 N–H and O–H groups in total. The minimum absolute atomic E-state index is 0.311. The predicted octanol–water partition coefficient (Wildman–Crippen LogP) is 1.47. The number of aliphatic carboxylic acids is 1. The van der Waals surface area contributed by atoms with Crippen LogP contribution >= 0.6 is 11.8 Å². The lowest BCUT2D eigenvalue weighted by atomic mass is 10.2. The van der Waals surface area contributed by atoms with Gasteiger partial charge in [-0.25, -0.2) is 9.78 Å². The van der Waals surface area contributed by atoms with Crippen LogP contribution in [0.3, 0.4) is 0 Å². The summed E-state index contributed by atoms with van der Waals surface area (Å²) in [7, 11) is 0. The van der Waals surface area contributed by atoms with Gasteiger partial charge in [-0.05, 0) is 12.1 Å². The van der Waals surface area contributed by atoms with E-state index in [1.54, 1.807) is 10.9 Å². The average molecular weight is 303 g/mol. The van der Waals surface area contributed by atoms with Crippen molar-refractivity contribution in [3.63, 3.8) is 0 Å². The topological polar surface area (TPSA) is 75.4 Å². The number of hydrogen-bond donors (Lipinski definition) is 1. The highest BCUT2D eigenvalue weighted by molar-refractivity contribution is 7.99. The summed E-state index contributed by atoms with van der Waals surface area (Å²) >= 11 is 1.44. The number of aromatic nitrogens is 2. The van der Waals surface area contributed by atoms with E-state index < -0.39 is 12.0 Å². The second-order valence-electron chi connectivity index (χ2n) is 4.61. The number of thioether (sulfide) groups is 1. The van der Waals surface area contributed by atoms with Crippen LogP contribution in [0.1, 0.15) is 10.5 Å². The first-order valence-electron chi connectivity index (χ1n) is 6.38. The van der Waals surface area contributed by atoms with Crippen molar-refractivity contribution >= 4 is 23.6 Å². The van der Waals surface area contributed by atoms with Crippen molar-refractivity contribution in [3.8, 4) is 5.69 Å². The molecule has 3 rings (SSSR count). The SMILES string of the molecule is O=C(O)C1CSCN1C(=O)c1cncn1-c1ccccc1. The van der Waals surface area contributed by atoms with Crippen LogP contribution in [0.25, 0.3) is 5.69 Å². The van der Waals surface area contributed by atoms with Gasteiger partial charge in [-0.2, -0.15) is 0 Å². The van der Waals surface area contributed by atoms with Gasteiger partial charge in [0.2, 0.25) is 0 Å². The number of para-hydroxylation sites is 1. The van der Waals surface area contributed by atoms with Crippen LogP contribution in [0.15, 0.2) is 42.9 Å². The molecule has 0 bridgehead atoms. The van der Waals surface area contributed by atoms with Crippen LogP contribution in [-0.4, -0.2) is 49.1 Å². The maximum Gasteiger partial charge on any atom is 0.327 e. The molecule has 21 heavy (non-hydrogen) atoms. The van der Waals surface area contributed by atoms with Gasteiger partial charge in [-0.1, -0.05) is 18.2 Å². The Morgan fingerprint density at radius 3 is 2.76 bits per heavy atom. The van der Waals surface area contributed by atoms with Crippen LogP contribution in [0.5, 0.6) is 0 Å². The van der Waals surface area contributed by atoms with E-state index in [0.717, 1.165) is 5.69 Å². The third kappa shape index (κ3) is 2.52. The fourth-order valence-corrected chi connectivity index (χ4v) is 3.39. The smallest absolute Gasteiger partial charge is 0.327 e. The highest BCUT2D eigenvalue weighted by atomic mass is 32.2. The number of imidazole rings is 1. The van der Waals surface area contributed by atoms with Gasteiger partial charge in [-0.15, -0.1) is 11.8 Å². The lowest BCUT2D eigenvalue weighted by molar-refractivity contribution is -0.140. The van der Waals surface area contributed by atoms with Gasteiger partial charge in [-0.3, -0.25) is 9.36 Å². The molecular formula is C14H13N3O3S. The summed E-state index contributed by atoms with van der Waals surface area (Å²) in [5.41, 5.74) is 1.19. The maximum absolute atomic E-state index is 12.6. The number of carboxylic acid groups (broad SMARTS) is 1. The van der Waals surface area contributed by atoms with Crippen LogP contribution < -0.4 is 0 Å². The van der Waals surface area contributed by atoms with E-state index in [1.165, 1.54) is 22.9 Å². The molecule has 0 spiro atoms. The van der Waals surface area contributed by atoms with E-state index in [9.17, 15) is 14.7 Å². The van der Waals surface area contributed by atoms with E-state index in [2.05, 4.69) is 4.98 Å². The number of rotatable bonds is 3. The molecule has 0 saturated carbocycles. The first kappa shape index (κ1) is 13.7. The largest absolute Gasteiger partial charge is 0.480 e. The van der Waals surface area contributed by atoms with E-state index in [1.807, 2.05) is 30.3 Å². The van der Waals surface area contributed by atoms with Crippen molar-refractivity contribution in [2.24, 2.45) is 0 Å². The Kier molecular flexibility index (Phi) is 3.66. The number of amides is 1. The molecular weight excluding hydrogens is 290 g/mol. The first-order chi connectivity index (χ1) is 10.2. The summed E-state index contributed by atoms with van der Waals surface area (Å²) in [6.45, 7) is 0. The second-order valence-corrected chi connectivity index (χ2v) is 5.61. The zero-order valence-electron chi connectivity index (χ0n) is 11.0. The second kappa shape index (κ2) is 5.61. The molecule has 1 aromatic heterocycles. The summed E-state index contributed by atoms with van der Waals surface area (Å²) in [4.78, 5) is 29.2. The Morgan fingerprint density at radius 2 is 2.05 bits per heavy atom. The number of carbonyl (C=O) groups is 2. The molecule has 6 nitrogen and oxygen atoms in total. The fraction of sp³-hybridized carbons (Fsp3) is 0.214. The Morgan fingerprint density at radius 1 is 1.29 bits per heavy atom. The van der Waals surface area contributed by atoms with Gasteiger partial charge in [0.05, 0.1) is 18.4 Å². The molecule has 7 heteroatoms. The average Bonchev–Trinajstić information content (AvgIpc) is 3.16. The third-order valence-electron chi connectivity index (χ3n) is 3.32. The normalized spacial score (nSPS) is 17.9. The molecule has 1 unspecified atom stereocenters. The Hall–Kier alpha value is -2.28. The highest BCUT2D eigenvalue weighted by Gasteiger charge is 2.36. The summed E-state index contributed by atoms with van der Waals surface area (Å²) in [5.74, 6) is -0.482. The zero-order chi connectivity index (χ0) is 14.8. The fourth-order valence-electron chi connectivity index (χ4n) is 2.24. The summed E-state index contributed by atoms with van der Waals surface area (Å²) in [6.07, 6.45) is 3.03. The number of carboxylic acids is 1. The molecule has 1 aromatic carbocycles. The highest BCUT2D eigenvalue weighted by Crippen LogP contribution is 2.24. The molecule has 1 fully saturated rings. The molecule has 0 radical (unpaired) electrons. The minimum atomic E-state index is -0.973. The summed E-state index contributed by atoms with van der Waals surface area (Å²) < 4.78 is 1.67. The molecule has 2 heterocycles. The number of carbonyl (C=O) groups excluding carboxylic acids is 1. The van der Waals surface area contributed by atoms with Crippen LogP contribution in [-0.2, 0) is 4.79 Å². The molecule has 108 valence electrons. The van der Waals surface area contributed by atoms with Gasteiger partial charge in [0.15, 0.2) is 0 Å². The van der Waals surface area contributed by atoms with E-state index in [-0.39, 0.29) is 5.91 Å². The summed E-state index contributed by atoms with van der Waals surface area (Å²) in [6, 6.07) is 8.59. The van der Waals surface area contributed by atoms with Gasteiger partial charge >= 0.3 is 5.97 Å². The quantitative estimate of drug-likeness (QED) is 0.929. The number of benzene rings is 1. The van der Waals surface area contributed by atoms with Crippen LogP contribution in [0.2, 0.25) is 0 Å². The maximum atomic E-state index is 12.6. The zero-order valence-corrected chi connectivity index (χ0v) is 11.9. The molecule has 1 aliphatic heterocycles. The monoisotopic (exact) mass is 303 g/mol. The van der Waals surface area contributed by atoms with Crippen molar-refractivity contribution < 1.29 is 14.7 Å². The van der Waals surface area contributed by atoms with Crippen molar-refractivity contribution in [2.45, 2.75) is 6.04 Å². The van der Waals surface area contributed by atoms with Gasteiger partial charge < -0.3 is 10.0 Å². The molecule has 1 amide bonds. The van der Waals surface area contributed by atoms with Crippen molar-refractivity contribution in [1.29, 1.82) is 0 Å². The first-order valence-corrected chi connectivity index (χ1v) is 7.53. The molecule has 1 atom stereocenters. The minimum Gasteiger partial charge on any atom is -0.480 e. The van der Waals surface area contributed by atoms with Crippen molar-refractivity contribution in [3.05, 3.63) is 48.5 Å². The predicted molar refractivity (Wildman–Crippen MR) is 78.5 cm³/mol. The van der Waals surface area contributed by atoms with Gasteiger partial charge in [0.25, 0.3) is 5.91 Å². The molecule has 0 aliphatic carbocycles. The van der Waals surface area contributed by atoms with Gasteiger partial charge in [0.1, 0.15) is 11.7 Å². The molecule has 1 saturated heterocycles. The lowest BCUT2D eigenvalue weighted by Crippen LogP contribution is -2.42. The summed E-state index contributed by atoms with van der Waals surface area (Å²) in [5, 5.41) is 9.19. The third-order valence-corrected chi connectivity index (χ3v) is 4.33. The van der Waals surface area contributed by atoms with E-state index in [0.29, 0.717) is 17.3 Å². The Balaban J connectivity index is 1.93. The van der Waals surface area contributed by atoms with E-state index in [4.69, 9.17) is 0 Å². The number of nitrogens with zero attached hydrogens (tertiary/aromatic N) is 3. The van der Waals surface area contributed by atoms with Crippen LogP contribution in [0, 0.1) is 0 Å². The number of hydrogen-bond acceptors (Lipinski definition) is 4. The van der Waals surface area contributed by atoms with Crippen molar-refractivity contribution in [2.75, 3.05) is 11.6 Å². The van der Waals surface area contributed by atoms with E-state index >= 15 is 0 Å². The Labute approximate surface area is 125 Å². The molecule has 1 aliphatic rings. The van der Waals surface area contributed by atoms with Gasteiger partial charge in [0, 0.05) is 11.4 Å². The standard InChI is InChI=1S/C14H13N3O3S/c18-13(17-9-21-7-12(17)14(19)20)11-6-15-8-16(11)10-4-2-1-3-5-10/h1-6,8,12H,7,9H2,(H,19,20). The Bertz CT molecular complexity index is 671. The lowest BCUT2D eigenvalue weighted by Gasteiger charge is -2.20. The van der Waals surface area contributed by atoms with Crippen LogP contribution in [0.4, 0.5) is 0 Å². The molecule has 2 aromatic rings.